The van der Waals surface area contributed by atoms with E-state index >= 15 is 0 Å². The highest BCUT2D eigenvalue weighted by Crippen LogP contribution is 2.28. The summed E-state index contributed by atoms with van der Waals surface area (Å²) in [5, 5.41) is 6.66. The van der Waals surface area contributed by atoms with Crippen LogP contribution in [0.15, 0.2) is 0 Å². The van der Waals surface area contributed by atoms with Crippen LogP contribution in [0, 0.1) is 11.8 Å². The van der Waals surface area contributed by atoms with E-state index in [9.17, 15) is 4.79 Å². The Labute approximate surface area is 98.4 Å². The lowest BCUT2D eigenvalue weighted by molar-refractivity contribution is -0.119. The summed E-state index contributed by atoms with van der Waals surface area (Å²) in [5.41, 5.74) is 0. The van der Waals surface area contributed by atoms with E-state index in [-0.39, 0.29) is 5.91 Å². The number of rotatable bonds is 3. The van der Waals surface area contributed by atoms with E-state index in [4.69, 9.17) is 0 Å². The third-order valence-corrected chi connectivity index (χ3v) is 4.14. The first-order chi connectivity index (χ1) is 7.65. The van der Waals surface area contributed by atoms with Crippen LogP contribution in [0.5, 0.6) is 0 Å². The van der Waals surface area contributed by atoms with Gasteiger partial charge in [-0.2, -0.15) is 0 Å². The van der Waals surface area contributed by atoms with Crippen LogP contribution in [-0.4, -0.2) is 24.5 Å². The summed E-state index contributed by atoms with van der Waals surface area (Å²) >= 11 is 0. The molecule has 1 heterocycles. The molecule has 0 bridgehead atoms. The van der Waals surface area contributed by atoms with Gasteiger partial charge in [0.25, 0.3) is 0 Å². The molecule has 1 aliphatic carbocycles. The van der Waals surface area contributed by atoms with Crippen molar-refractivity contribution in [1.29, 1.82) is 0 Å². The van der Waals surface area contributed by atoms with Crippen molar-refractivity contribution in [2.45, 2.75) is 58.0 Å². The fourth-order valence-electron chi connectivity index (χ4n) is 3.09. The Morgan fingerprint density at radius 1 is 1.31 bits per heavy atom. The van der Waals surface area contributed by atoms with Crippen LogP contribution in [0.25, 0.3) is 0 Å². The van der Waals surface area contributed by atoms with Crippen molar-refractivity contribution >= 4 is 5.91 Å². The molecular formula is C13H24N2O. The highest BCUT2D eigenvalue weighted by molar-refractivity contribution is 5.78. The molecule has 1 aliphatic heterocycles. The Morgan fingerprint density at radius 2 is 2.12 bits per heavy atom. The molecule has 2 aliphatic rings. The van der Waals surface area contributed by atoms with Crippen molar-refractivity contribution in [3.8, 4) is 0 Å². The third kappa shape index (κ3) is 2.97. The lowest BCUT2D eigenvalue weighted by Crippen LogP contribution is -2.45. The van der Waals surface area contributed by atoms with Crippen LogP contribution < -0.4 is 10.6 Å². The van der Waals surface area contributed by atoms with Gasteiger partial charge in [-0.1, -0.05) is 13.8 Å². The molecule has 0 aromatic rings. The zero-order chi connectivity index (χ0) is 11.5. The minimum Gasteiger partial charge on any atom is -0.352 e. The molecule has 2 fully saturated rings. The van der Waals surface area contributed by atoms with Gasteiger partial charge in [-0.15, -0.1) is 0 Å². The van der Waals surface area contributed by atoms with Crippen LogP contribution >= 0.6 is 0 Å². The number of carbonyl (C=O) groups excluding carboxylic acids is 1. The predicted molar refractivity (Wildman–Crippen MR) is 65.1 cm³/mol. The van der Waals surface area contributed by atoms with E-state index in [1.807, 2.05) is 0 Å². The minimum atomic E-state index is 0.220. The van der Waals surface area contributed by atoms with Crippen LogP contribution in [0.3, 0.4) is 0 Å². The third-order valence-electron chi connectivity index (χ3n) is 4.14. The van der Waals surface area contributed by atoms with Crippen LogP contribution in [0.4, 0.5) is 0 Å². The average molecular weight is 224 g/mol. The van der Waals surface area contributed by atoms with E-state index in [2.05, 4.69) is 24.5 Å². The average Bonchev–Trinajstić information content (AvgIpc) is 2.63. The number of carbonyl (C=O) groups is 1. The topological polar surface area (TPSA) is 41.1 Å². The first kappa shape index (κ1) is 11.9. The van der Waals surface area contributed by atoms with Gasteiger partial charge in [0.1, 0.15) is 0 Å². The van der Waals surface area contributed by atoms with Crippen LogP contribution in [0.2, 0.25) is 0 Å². The van der Waals surface area contributed by atoms with Crippen molar-refractivity contribution < 1.29 is 4.79 Å². The lowest BCUT2D eigenvalue weighted by atomic mass is 9.80. The second kappa shape index (κ2) is 5.17. The summed E-state index contributed by atoms with van der Waals surface area (Å²) in [5.74, 6) is 1.89. The predicted octanol–water partition coefficient (Wildman–Crippen LogP) is 1.68. The van der Waals surface area contributed by atoms with Gasteiger partial charge < -0.3 is 10.6 Å². The Balaban J connectivity index is 1.71. The molecule has 0 aromatic carbocycles. The van der Waals surface area contributed by atoms with E-state index in [1.54, 1.807) is 0 Å². The van der Waals surface area contributed by atoms with Crippen molar-refractivity contribution in [2.75, 3.05) is 6.54 Å². The molecular weight excluding hydrogens is 200 g/mol. The van der Waals surface area contributed by atoms with Gasteiger partial charge in [-0.05, 0) is 37.5 Å². The quantitative estimate of drug-likeness (QED) is 0.766. The Kier molecular flexibility index (Phi) is 3.85. The zero-order valence-corrected chi connectivity index (χ0v) is 10.5. The van der Waals surface area contributed by atoms with E-state index in [0.717, 1.165) is 24.8 Å². The van der Waals surface area contributed by atoms with Crippen molar-refractivity contribution in [3.05, 3.63) is 0 Å². The number of hydrogen-bond donors (Lipinski definition) is 2. The second-order valence-corrected chi connectivity index (χ2v) is 5.71. The zero-order valence-electron chi connectivity index (χ0n) is 10.5. The monoisotopic (exact) mass is 224 g/mol. The molecule has 0 spiro atoms. The van der Waals surface area contributed by atoms with Crippen LogP contribution in [-0.2, 0) is 4.79 Å². The normalized spacial score (nSPS) is 39.8. The minimum absolute atomic E-state index is 0.220. The van der Waals surface area contributed by atoms with Crippen molar-refractivity contribution in [3.63, 3.8) is 0 Å². The molecule has 3 heteroatoms. The van der Waals surface area contributed by atoms with Crippen molar-refractivity contribution in [2.24, 2.45) is 11.8 Å². The maximum Gasteiger partial charge on any atom is 0.220 e. The molecule has 4 atom stereocenters. The standard InChI is InChI=1S/C13H24N2O/c1-9-3-5-12(10(2)7-9)14-8-11-4-6-13(16)15-11/h9-12,14H,3-8H2,1-2H3,(H,15,16). The highest BCUT2D eigenvalue weighted by Gasteiger charge is 2.27. The number of hydrogen-bond acceptors (Lipinski definition) is 2. The smallest absolute Gasteiger partial charge is 0.220 e. The fourth-order valence-corrected chi connectivity index (χ4v) is 3.09. The summed E-state index contributed by atoms with van der Waals surface area (Å²) in [6, 6.07) is 1.03. The van der Waals surface area contributed by atoms with Crippen molar-refractivity contribution in [1.82, 2.24) is 10.6 Å². The summed E-state index contributed by atoms with van der Waals surface area (Å²) in [4.78, 5) is 11.1. The van der Waals surface area contributed by atoms with Gasteiger partial charge in [0.05, 0.1) is 0 Å². The summed E-state index contributed by atoms with van der Waals surface area (Å²) in [7, 11) is 0. The first-order valence-electron chi connectivity index (χ1n) is 6.68. The molecule has 16 heavy (non-hydrogen) atoms. The summed E-state index contributed by atoms with van der Waals surface area (Å²) in [6.07, 6.45) is 5.70. The lowest BCUT2D eigenvalue weighted by Gasteiger charge is -2.34. The van der Waals surface area contributed by atoms with Gasteiger partial charge in [0.15, 0.2) is 0 Å². The van der Waals surface area contributed by atoms with E-state index in [1.165, 1.54) is 19.3 Å². The van der Waals surface area contributed by atoms with Gasteiger partial charge in [0, 0.05) is 25.0 Å². The Morgan fingerprint density at radius 3 is 2.75 bits per heavy atom. The molecule has 1 amide bonds. The Bertz CT molecular complexity index is 254. The highest BCUT2D eigenvalue weighted by atomic mass is 16.1. The van der Waals surface area contributed by atoms with E-state index < -0.39 is 0 Å². The van der Waals surface area contributed by atoms with Crippen LogP contribution in [0.1, 0.15) is 46.0 Å². The molecule has 0 aromatic heterocycles. The van der Waals surface area contributed by atoms with E-state index in [0.29, 0.717) is 18.5 Å². The number of amides is 1. The van der Waals surface area contributed by atoms with Gasteiger partial charge >= 0.3 is 0 Å². The maximum atomic E-state index is 11.1. The molecule has 2 N–H and O–H groups in total. The SMILES string of the molecule is CC1CCC(NCC2CCC(=O)N2)C(C)C1. The molecule has 4 unspecified atom stereocenters. The Hall–Kier alpha value is -0.570. The summed E-state index contributed by atoms with van der Waals surface area (Å²) < 4.78 is 0. The van der Waals surface area contributed by atoms with Gasteiger partial charge in [-0.25, -0.2) is 0 Å². The molecule has 0 radical (unpaired) electrons. The largest absolute Gasteiger partial charge is 0.352 e. The van der Waals surface area contributed by atoms with Gasteiger partial charge in [0.2, 0.25) is 5.91 Å². The van der Waals surface area contributed by atoms with Gasteiger partial charge in [-0.3, -0.25) is 4.79 Å². The first-order valence-corrected chi connectivity index (χ1v) is 6.68. The maximum absolute atomic E-state index is 11.1. The molecule has 1 saturated heterocycles. The molecule has 2 rings (SSSR count). The molecule has 3 nitrogen and oxygen atoms in total. The number of nitrogens with one attached hydrogen (secondary N) is 2. The molecule has 92 valence electrons. The second-order valence-electron chi connectivity index (χ2n) is 5.71. The summed E-state index contributed by atoms with van der Waals surface area (Å²) in [6.45, 7) is 5.65. The molecule has 1 saturated carbocycles. The fraction of sp³-hybridized carbons (Fsp3) is 0.923.